The lowest BCUT2D eigenvalue weighted by Gasteiger charge is -2.09. The maximum Gasteiger partial charge on any atom is 0.306 e. The van der Waals surface area contributed by atoms with Crippen LogP contribution in [0.1, 0.15) is 90.9 Å². The van der Waals surface area contributed by atoms with Crippen LogP contribution >= 0.6 is 0 Å². The Kier molecular flexibility index (Phi) is 14.0. The molecule has 0 saturated heterocycles. The second-order valence-electron chi connectivity index (χ2n) is 5.79. The molecule has 1 N–H and O–H groups in total. The Balaban J connectivity index is 3.59. The zero-order valence-corrected chi connectivity index (χ0v) is 13.6. The van der Waals surface area contributed by atoms with Crippen molar-refractivity contribution in [1.82, 2.24) is 0 Å². The van der Waals surface area contributed by atoms with E-state index in [0.717, 1.165) is 32.1 Å². The lowest BCUT2D eigenvalue weighted by Crippen LogP contribution is -2.12. The quantitative estimate of drug-likeness (QED) is 0.315. The zero-order chi connectivity index (χ0) is 15.1. The molecule has 0 rings (SSSR count). The molecule has 0 aliphatic rings. The van der Waals surface area contributed by atoms with Gasteiger partial charge in [-0.25, -0.2) is 0 Å². The van der Waals surface area contributed by atoms with Crippen LogP contribution < -0.4 is 0 Å². The Morgan fingerprint density at radius 2 is 1.50 bits per heavy atom. The van der Waals surface area contributed by atoms with Gasteiger partial charge in [0, 0.05) is 0 Å². The molecule has 0 aromatic rings. The van der Waals surface area contributed by atoms with Crippen LogP contribution in [0.5, 0.6) is 0 Å². The summed E-state index contributed by atoms with van der Waals surface area (Å²) in [6.45, 7) is 4.39. The van der Waals surface area contributed by atoms with Gasteiger partial charge in [0.2, 0.25) is 0 Å². The molecule has 0 aliphatic carbocycles. The Labute approximate surface area is 125 Å². The van der Waals surface area contributed by atoms with Crippen LogP contribution in [0.25, 0.3) is 0 Å². The van der Waals surface area contributed by atoms with E-state index in [1.165, 1.54) is 38.5 Å². The van der Waals surface area contributed by atoms with Gasteiger partial charge in [0.05, 0.1) is 5.92 Å². The van der Waals surface area contributed by atoms with Crippen molar-refractivity contribution in [2.75, 3.05) is 0 Å². The minimum atomic E-state index is -0.634. The molecule has 0 aromatic carbocycles. The average Bonchev–Trinajstić information content (AvgIpc) is 2.43. The van der Waals surface area contributed by atoms with E-state index >= 15 is 0 Å². The first-order valence-electron chi connectivity index (χ1n) is 8.60. The summed E-state index contributed by atoms with van der Waals surface area (Å²) in [5.74, 6) is -0.812. The number of carboxylic acid groups (broad SMARTS) is 1. The molecule has 0 radical (unpaired) electrons. The lowest BCUT2D eigenvalue weighted by molar-refractivity contribution is -0.141. The maximum atomic E-state index is 11.1. The predicted octanol–water partition coefficient (Wildman–Crippen LogP) is 5.96. The van der Waals surface area contributed by atoms with Gasteiger partial charge in [-0.15, -0.1) is 0 Å². The number of hydrogen-bond acceptors (Lipinski definition) is 1. The second kappa shape index (κ2) is 14.6. The maximum absolute atomic E-state index is 11.1. The van der Waals surface area contributed by atoms with Crippen molar-refractivity contribution in [2.45, 2.75) is 90.9 Å². The first kappa shape index (κ1) is 19.2. The van der Waals surface area contributed by atoms with Crippen molar-refractivity contribution in [2.24, 2.45) is 5.92 Å². The van der Waals surface area contributed by atoms with Crippen LogP contribution in [0.15, 0.2) is 12.2 Å². The van der Waals surface area contributed by atoms with Gasteiger partial charge in [-0.2, -0.15) is 0 Å². The number of aliphatic carboxylic acids is 1. The standard InChI is InChI=1S/C18H34O2/c1-3-5-7-8-9-10-11-12-14-16-17(18(19)20)15-13-6-4-2/h12,14,17H,3-11,13,15-16H2,1-2H3,(H,19,20). The SMILES string of the molecule is CCCCCCCCC=CCC(CCCCC)C(=O)O. The zero-order valence-electron chi connectivity index (χ0n) is 13.6. The van der Waals surface area contributed by atoms with E-state index in [9.17, 15) is 4.79 Å². The topological polar surface area (TPSA) is 37.3 Å². The molecule has 2 heteroatoms. The third kappa shape index (κ3) is 12.3. The monoisotopic (exact) mass is 282 g/mol. The molecular formula is C18H34O2. The molecule has 0 amide bonds. The predicted molar refractivity (Wildman–Crippen MR) is 87.0 cm³/mol. The van der Waals surface area contributed by atoms with Gasteiger partial charge >= 0.3 is 5.97 Å². The molecule has 0 saturated carbocycles. The second-order valence-corrected chi connectivity index (χ2v) is 5.79. The van der Waals surface area contributed by atoms with Gasteiger partial charge < -0.3 is 5.11 Å². The minimum Gasteiger partial charge on any atom is -0.481 e. The van der Waals surface area contributed by atoms with Crippen molar-refractivity contribution in [3.05, 3.63) is 12.2 Å². The fourth-order valence-electron chi connectivity index (χ4n) is 2.40. The summed E-state index contributed by atoms with van der Waals surface area (Å²) >= 11 is 0. The fourth-order valence-corrected chi connectivity index (χ4v) is 2.40. The Hall–Kier alpha value is -0.790. The first-order valence-corrected chi connectivity index (χ1v) is 8.60. The van der Waals surface area contributed by atoms with Crippen LogP contribution in [0.2, 0.25) is 0 Å². The molecule has 0 heterocycles. The molecule has 0 spiro atoms. The first-order chi connectivity index (χ1) is 9.72. The molecule has 0 aromatic heterocycles. The van der Waals surface area contributed by atoms with Crippen molar-refractivity contribution >= 4 is 5.97 Å². The van der Waals surface area contributed by atoms with Crippen LogP contribution in [0.4, 0.5) is 0 Å². The van der Waals surface area contributed by atoms with Crippen LogP contribution in [-0.2, 0) is 4.79 Å². The molecule has 118 valence electrons. The van der Waals surface area contributed by atoms with E-state index < -0.39 is 5.97 Å². The Morgan fingerprint density at radius 3 is 2.15 bits per heavy atom. The highest BCUT2D eigenvalue weighted by Crippen LogP contribution is 2.15. The van der Waals surface area contributed by atoms with Gasteiger partial charge in [0.1, 0.15) is 0 Å². The van der Waals surface area contributed by atoms with E-state index in [1.807, 2.05) is 0 Å². The number of rotatable bonds is 14. The normalized spacial score (nSPS) is 12.9. The van der Waals surface area contributed by atoms with Crippen molar-refractivity contribution in [1.29, 1.82) is 0 Å². The van der Waals surface area contributed by atoms with Gasteiger partial charge in [-0.05, 0) is 25.7 Å². The highest BCUT2D eigenvalue weighted by molar-refractivity contribution is 5.70. The summed E-state index contributed by atoms with van der Waals surface area (Å²) in [6, 6.07) is 0. The third-order valence-electron chi connectivity index (χ3n) is 3.82. The number of hydrogen-bond donors (Lipinski definition) is 1. The van der Waals surface area contributed by atoms with Gasteiger partial charge in [0.15, 0.2) is 0 Å². The number of unbranched alkanes of at least 4 members (excludes halogenated alkanes) is 8. The Bertz CT molecular complexity index is 246. The molecule has 2 nitrogen and oxygen atoms in total. The van der Waals surface area contributed by atoms with Crippen LogP contribution in [0.3, 0.4) is 0 Å². The third-order valence-corrected chi connectivity index (χ3v) is 3.82. The molecule has 20 heavy (non-hydrogen) atoms. The number of carboxylic acids is 1. The smallest absolute Gasteiger partial charge is 0.306 e. The molecule has 1 unspecified atom stereocenters. The van der Waals surface area contributed by atoms with Gasteiger partial charge in [-0.1, -0.05) is 77.4 Å². The van der Waals surface area contributed by atoms with Crippen LogP contribution in [0, 0.1) is 5.92 Å². The average molecular weight is 282 g/mol. The number of carbonyl (C=O) groups is 1. The van der Waals surface area contributed by atoms with E-state index in [0.29, 0.717) is 6.42 Å². The molecule has 0 aliphatic heterocycles. The summed E-state index contributed by atoms with van der Waals surface area (Å²) in [6.07, 6.45) is 18.1. The summed E-state index contributed by atoms with van der Waals surface area (Å²) in [5, 5.41) is 9.16. The molecule has 0 fully saturated rings. The summed E-state index contributed by atoms with van der Waals surface area (Å²) in [5.41, 5.74) is 0. The van der Waals surface area contributed by atoms with Crippen LogP contribution in [-0.4, -0.2) is 11.1 Å². The van der Waals surface area contributed by atoms with Gasteiger partial charge in [-0.3, -0.25) is 4.79 Å². The summed E-state index contributed by atoms with van der Waals surface area (Å²) < 4.78 is 0. The molecular weight excluding hydrogens is 248 g/mol. The van der Waals surface area contributed by atoms with E-state index in [4.69, 9.17) is 5.11 Å². The lowest BCUT2D eigenvalue weighted by atomic mass is 9.97. The van der Waals surface area contributed by atoms with Gasteiger partial charge in [0.25, 0.3) is 0 Å². The van der Waals surface area contributed by atoms with E-state index in [1.54, 1.807) is 0 Å². The largest absolute Gasteiger partial charge is 0.481 e. The highest BCUT2D eigenvalue weighted by atomic mass is 16.4. The van der Waals surface area contributed by atoms with E-state index in [2.05, 4.69) is 26.0 Å². The van der Waals surface area contributed by atoms with Crippen molar-refractivity contribution < 1.29 is 9.90 Å². The molecule has 1 atom stereocenters. The summed E-state index contributed by atoms with van der Waals surface area (Å²) in [7, 11) is 0. The Morgan fingerprint density at radius 1 is 0.900 bits per heavy atom. The number of allylic oxidation sites excluding steroid dienone is 2. The molecule has 0 bridgehead atoms. The summed E-state index contributed by atoms with van der Waals surface area (Å²) in [4.78, 5) is 11.1. The van der Waals surface area contributed by atoms with Crippen molar-refractivity contribution in [3.63, 3.8) is 0 Å². The van der Waals surface area contributed by atoms with E-state index in [-0.39, 0.29) is 5.92 Å². The minimum absolute atomic E-state index is 0.178. The van der Waals surface area contributed by atoms with Crippen molar-refractivity contribution in [3.8, 4) is 0 Å². The highest BCUT2D eigenvalue weighted by Gasteiger charge is 2.14. The fraction of sp³-hybridized carbons (Fsp3) is 0.833.